The van der Waals surface area contributed by atoms with Crippen LogP contribution in [0.3, 0.4) is 0 Å². The van der Waals surface area contributed by atoms with E-state index in [1.807, 2.05) is 0 Å². The molecule has 1 saturated carbocycles. The van der Waals surface area contributed by atoms with Crippen LogP contribution in [0.15, 0.2) is 0 Å². The first-order valence-electron chi connectivity index (χ1n) is 7.28. The van der Waals surface area contributed by atoms with Crippen molar-refractivity contribution < 1.29 is 9.53 Å². The van der Waals surface area contributed by atoms with E-state index >= 15 is 0 Å². The number of amides is 1. The van der Waals surface area contributed by atoms with Gasteiger partial charge < -0.3 is 15.4 Å². The molecular formula is C14H26N2O2. The Labute approximate surface area is 110 Å². The minimum atomic E-state index is -0.0244. The Balaban J connectivity index is 1.90. The van der Waals surface area contributed by atoms with E-state index in [0.717, 1.165) is 19.4 Å². The SMILES string of the molecule is CCNC1COCC1C(=O)NC1(C)CCCCC1. The summed E-state index contributed by atoms with van der Waals surface area (Å²) < 4.78 is 5.44. The summed E-state index contributed by atoms with van der Waals surface area (Å²) >= 11 is 0. The molecule has 4 nitrogen and oxygen atoms in total. The lowest BCUT2D eigenvalue weighted by Crippen LogP contribution is -2.52. The van der Waals surface area contributed by atoms with Gasteiger partial charge in [-0.3, -0.25) is 4.79 Å². The van der Waals surface area contributed by atoms with Crippen LogP contribution in [0, 0.1) is 5.92 Å². The fraction of sp³-hybridized carbons (Fsp3) is 0.929. The lowest BCUT2D eigenvalue weighted by molar-refractivity contribution is -0.127. The number of carbonyl (C=O) groups excluding carboxylic acids is 1. The summed E-state index contributed by atoms with van der Waals surface area (Å²) in [5.41, 5.74) is 0.00862. The number of nitrogens with one attached hydrogen (secondary N) is 2. The van der Waals surface area contributed by atoms with E-state index in [-0.39, 0.29) is 23.4 Å². The maximum atomic E-state index is 12.4. The predicted octanol–water partition coefficient (Wildman–Crippen LogP) is 1.45. The quantitative estimate of drug-likeness (QED) is 0.798. The molecule has 18 heavy (non-hydrogen) atoms. The fourth-order valence-corrected chi connectivity index (χ4v) is 3.12. The molecule has 4 heteroatoms. The van der Waals surface area contributed by atoms with Crippen LogP contribution in [0.5, 0.6) is 0 Å². The van der Waals surface area contributed by atoms with Crippen molar-refractivity contribution in [2.75, 3.05) is 19.8 Å². The number of rotatable bonds is 4. The van der Waals surface area contributed by atoms with Crippen molar-refractivity contribution in [1.82, 2.24) is 10.6 Å². The van der Waals surface area contributed by atoms with Gasteiger partial charge in [0.1, 0.15) is 0 Å². The Hall–Kier alpha value is -0.610. The first-order chi connectivity index (χ1) is 8.64. The highest BCUT2D eigenvalue weighted by molar-refractivity contribution is 5.80. The lowest BCUT2D eigenvalue weighted by atomic mass is 9.83. The van der Waals surface area contributed by atoms with Crippen LogP contribution >= 0.6 is 0 Å². The number of likely N-dealkylation sites (N-methyl/N-ethyl adjacent to an activating group) is 1. The molecule has 0 aromatic carbocycles. The zero-order valence-corrected chi connectivity index (χ0v) is 11.6. The standard InChI is InChI=1S/C14H26N2O2/c1-3-15-12-10-18-9-11(12)13(17)16-14(2)7-5-4-6-8-14/h11-12,15H,3-10H2,1-2H3,(H,16,17). The molecule has 2 N–H and O–H groups in total. The molecule has 1 aliphatic carbocycles. The Morgan fingerprint density at radius 1 is 1.28 bits per heavy atom. The number of ether oxygens (including phenoxy) is 1. The van der Waals surface area contributed by atoms with Crippen LogP contribution in [0.4, 0.5) is 0 Å². The molecule has 2 atom stereocenters. The van der Waals surface area contributed by atoms with Crippen molar-refractivity contribution in [2.24, 2.45) is 5.92 Å². The van der Waals surface area contributed by atoms with Crippen molar-refractivity contribution >= 4 is 5.91 Å². The maximum absolute atomic E-state index is 12.4. The summed E-state index contributed by atoms with van der Waals surface area (Å²) in [5.74, 6) is 0.145. The van der Waals surface area contributed by atoms with Crippen LogP contribution < -0.4 is 10.6 Å². The normalized spacial score (nSPS) is 31.2. The summed E-state index contributed by atoms with van der Waals surface area (Å²) in [5, 5.41) is 6.61. The highest BCUT2D eigenvalue weighted by Crippen LogP contribution is 2.28. The Kier molecular flexibility index (Phi) is 4.62. The summed E-state index contributed by atoms with van der Waals surface area (Å²) in [4.78, 5) is 12.4. The smallest absolute Gasteiger partial charge is 0.227 e. The van der Waals surface area contributed by atoms with Crippen LogP contribution in [0.25, 0.3) is 0 Å². The Bertz CT molecular complexity index is 288. The minimum Gasteiger partial charge on any atom is -0.379 e. The summed E-state index contributed by atoms with van der Waals surface area (Å²) in [7, 11) is 0. The third-order valence-electron chi connectivity index (χ3n) is 4.27. The molecule has 104 valence electrons. The van der Waals surface area contributed by atoms with E-state index in [9.17, 15) is 4.79 Å². The van der Waals surface area contributed by atoms with E-state index in [1.54, 1.807) is 0 Å². The molecule has 1 heterocycles. The maximum Gasteiger partial charge on any atom is 0.227 e. The van der Waals surface area contributed by atoms with Crippen molar-refractivity contribution in [3.05, 3.63) is 0 Å². The molecule has 1 saturated heterocycles. The predicted molar refractivity (Wildman–Crippen MR) is 71.4 cm³/mol. The fourth-order valence-electron chi connectivity index (χ4n) is 3.12. The van der Waals surface area contributed by atoms with Crippen LogP contribution in [-0.2, 0) is 9.53 Å². The van der Waals surface area contributed by atoms with Gasteiger partial charge in [-0.1, -0.05) is 26.2 Å². The summed E-state index contributed by atoms with van der Waals surface area (Å²) in [6.45, 7) is 6.34. The van der Waals surface area contributed by atoms with Gasteiger partial charge in [-0.15, -0.1) is 0 Å². The van der Waals surface area contributed by atoms with Gasteiger partial charge in [0, 0.05) is 11.6 Å². The molecule has 1 amide bonds. The van der Waals surface area contributed by atoms with Gasteiger partial charge >= 0.3 is 0 Å². The van der Waals surface area contributed by atoms with Gasteiger partial charge in [-0.25, -0.2) is 0 Å². The van der Waals surface area contributed by atoms with E-state index in [0.29, 0.717) is 13.2 Å². The number of hydrogen-bond acceptors (Lipinski definition) is 3. The van der Waals surface area contributed by atoms with E-state index < -0.39 is 0 Å². The largest absolute Gasteiger partial charge is 0.379 e. The molecule has 0 bridgehead atoms. The van der Waals surface area contributed by atoms with Gasteiger partial charge in [0.2, 0.25) is 5.91 Å². The highest BCUT2D eigenvalue weighted by atomic mass is 16.5. The summed E-state index contributed by atoms with van der Waals surface area (Å²) in [6.07, 6.45) is 5.98. The van der Waals surface area contributed by atoms with Crippen molar-refractivity contribution in [1.29, 1.82) is 0 Å². The lowest BCUT2D eigenvalue weighted by Gasteiger charge is -2.35. The molecule has 0 spiro atoms. The van der Waals surface area contributed by atoms with Gasteiger partial charge in [-0.2, -0.15) is 0 Å². The highest BCUT2D eigenvalue weighted by Gasteiger charge is 2.37. The van der Waals surface area contributed by atoms with Crippen molar-refractivity contribution in [2.45, 2.75) is 57.5 Å². The average molecular weight is 254 g/mol. The Morgan fingerprint density at radius 2 is 2.00 bits per heavy atom. The zero-order valence-electron chi connectivity index (χ0n) is 11.6. The van der Waals surface area contributed by atoms with Crippen molar-refractivity contribution in [3.63, 3.8) is 0 Å². The molecule has 2 aliphatic rings. The third kappa shape index (κ3) is 3.23. The second-order valence-electron chi connectivity index (χ2n) is 5.92. The van der Waals surface area contributed by atoms with Gasteiger partial charge in [0.25, 0.3) is 0 Å². The van der Waals surface area contributed by atoms with E-state index in [2.05, 4.69) is 24.5 Å². The molecule has 1 aliphatic heterocycles. The van der Waals surface area contributed by atoms with Gasteiger partial charge in [0.15, 0.2) is 0 Å². The van der Waals surface area contributed by atoms with Crippen molar-refractivity contribution in [3.8, 4) is 0 Å². The number of carbonyl (C=O) groups is 1. The Morgan fingerprint density at radius 3 is 2.67 bits per heavy atom. The topological polar surface area (TPSA) is 50.4 Å². The molecule has 0 aromatic rings. The second kappa shape index (κ2) is 6.02. The van der Waals surface area contributed by atoms with Crippen LogP contribution in [-0.4, -0.2) is 37.2 Å². The van der Waals surface area contributed by atoms with Gasteiger partial charge in [0.05, 0.1) is 19.1 Å². The van der Waals surface area contributed by atoms with Gasteiger partial charge in [-0.05, 0) is 26.3 Å². The average Bonchev–Trinajstić information content (AvgIpc) is 2.78. The monoisotopic (exact) mass is 254 g/mol. The molecule has 0 aromatic heterocycles. The first-order valence-corrected chi connectivity index (χ1v) is 7.28. The summed E-state index contributed by atoms with van der Waals surface area (Å²) in [6, 6.07) is 0.183. The molecular weight excluding hydrogens is 228 g/mol. The number of hydrogen-bond donors (Lipinski definition) is 2. The molecule has 2 fully saturated rings. The molecule has 2 unspecified atom stereocenters. The van der Waals surface area contributed by atoms with E-state index in [1.165, 1.54) is 19.3 Å². The zero-order chi connectivity index (χ0) is 13.0. The first kappa shape index (κ1) is 13.8. The third-order valence-corrected chi connectivity index (χ3v) is 4.27. The van der Waals surface area contributed by atoms with E-state index in [4.69, 9.17) is 4.74 Å². The van der Waals surface area contributed by atoms with Crippen LogP contribution in [0.2, 0.25) is 0 Å². The molecule has 0 radical (unpaired) electrons. The minimum absolute atomic E-state index is 0.00862. The molecule has 2 rings (SSSR count). The van der Waals surface area contributed by atoms with Crippen LogP contribution in [0.1, 0.15) is 46.0 Å². The second-order valence-corrected chi connectivity index (χ2v) is 5.92.